The van der Waals surface area contributed by atoms with Gasteiger partial charge in [-0.05, 0) is 41.2 Å². The van der Waals surface area contributed by atoms with E-state index in [4.69, 9.17) is 0 Å². The summed E-state index contributed by atoms with van der Waals surface area (Å²) in [6.07, 6.45) is 0.506. The fourth-order valence-electron chi connectivity index (χ4n) is 3.60. The molecule has 0 radical (unpaired) electrons. The third-order valence-corrected chi connectivity index (χ3v) is 5.00. The van der Waals surface area contributed by atoms with Crippen LogP contribution in [0.2, 0.25) is 0 Å². The molecule has 2 aromatic carbocycles. The van der Waals surface area contributed by atoms with Crippen LogP contribution in [0.25, 0.3) is 0 Å². The standard InChI is InChI=1S/C19H17F2NO2/c20-15-6-5-11(7-16(15)21)13-9-14(13)19(24)22-18-12-4-2-1-3-10(12)8-17(18)23/h1-7,13-14,17-18,23H,8-9H2,(H,22,24). The highest BCUT2D eigenvalue weighted by Gasteiger charge is 2.45. The summed E-state index contributed by atoms with van der Waals surface area (Å²) in [5.41, 5.74) is 2.63. The fraction of sp³-hybridized carbons (Fsp3) is 0.316. The Morgan fingerprint density at radius 3 is 2.71 bits per heavy atom. The number of hydrogen-bond acceptors (Lipinski definition) is 2. The van der Waals surface area contributed by atoms with Crippen molar-refractivity contribution in [2.24, 2.45) is 5.92 Å². The van der Waals surface area contributed by atoms with Crippen molar-refractivity contribution in [1.82, 2.24) is 5.32 Å². The molecule has 2 N–H and O–H groups in total. The minimum absolute atomic E-state index is 0.0890. The molecule has 2 aromatic rings. The van der Waals surface area contributed by atoms with Crippen LogP contribution in [0.4, 0.5) is 8.78 Å². The summed E-state index contributed by atoms with van der Waals surface area (Å²) in [7, 11) is 0. The SMILES string of the molecule is O=C(NC1c2ccccc2CC1O)C1CC1c1ccc(F)c(F)c1. The van der Waals surface area contributed by atoms with E-state index >= 15 is 0 Å². The topological polar surface area (TPSA) is 49.3 Å². The summed E-state index contributed by atoms with van der Waals surface area (Å²) in [5, 5.41) is 13.1. The number of fused-ring (bicyclic) bond motifs is 1. The lowest BCUT2D eigenvalue weighted by Gasteiger charge is -2.18. The number of halogens is 2. The number of amides is 1. The molecule has 5 heteroatoms. The van der Waals surface area contributed by atoms with Crippen LogP contribution in [0.3, 0.4) is 0 Å². The van der Waals surface area contributed by atoms with Gasteiger partial charge in [-0.3, -0.25) is 4.79 Å². The molecular weight excluding hydrogens is 312 g/mol. The van der Waals surface area contributed by atoms with Crippen molar-refractivity contribution in [3.8, 4) is 0 Å². The van der Waals surface area contributed by atoms with Crippen LogP contribution in [0.5, 0.6) is 0 Å². The molecule has 1 amide bonds. The summed E-state index contributed by atoms with van der Waals surface area (Å²) in [4.78, 5) is 12.5. The van der Waals surface area contributed by atoms with E-state index in [0.717, 1.165) is 23.3 Å². The molecule has 0 heterocycles. The Bertz CT molecular complexity index is 808. The highest BCUT2D eigenvalue weighted by atomic mass is 19.2. The van der Waals surface area contributed by atoms with Gasteiger partial charge in [0.1, 0.15) is 0 Å². The Kier molecular flexibility index (Phi) is 3.61. The van der Waals surface area contributed by atoms with Crippen molar-refractivity contribution < 1.29 is 18.7 Å². The highest BCUT2D eigenvalue weighted by Crippen LogP contribution is 2.48. The van der Waals surface area contributed by atoms with Gasteiger partial charge in [-0.15, -0.1) is 0 Å². The number of carbonyl (C=O) groups excluding carboxylic acids is 1. The summed E-state index contributed by atoms with van der Waals surface area (Å²) in [6, 6.07) is 11.0. The molecule has 4 atom stereocenters. The van der Waals surface area contributed by atoms with Crippen LogP contribution in [-0.4, -0.2) is 17.1 Å². The Labute approximate surface area is 138 Å². The maximum absolute atomic E-state index is 13.3. The summed E-state index contributed by atoms with van der Waals surface area (Å²) < 4.78 is 26.3. The van der Waals surface area contributed by atoms with Crippen molar-refractivity contribution in [2.45, 2.75) is 30.9 Å². The average Bonchev–Trinajstić information content (AvgIpc) is 3.30. The van der Waals surface area contributed by atoms with Crippen molar-refractivity contribution in [3.63, 3.8) is 0 Å². The predicted molar refractivity (Wildman–Crippen MR) is 84.2 cm³/mol. The van der Waals surface area contributed by atoms with E-state index < -0.39 is 23.8 Å². The third-order valence-electron chi connectivity index (χ3n) is 5.00. The lowest BCUT2D eigenvalue weighted by molar-refractivity contribution is -0.123. The van der Waals surface area contributed by atoms with Gasteiger partial charge in [0.2, 0.25) is 5.91 Å². The van der Waals surface area contributed by atoms with E-state index in [1.165, 1.54) is 6.07 Å². The van der Waals surface area contributed by atoms with E-state index in [2.05, 4.69) is 5.32 Å². The molecule has 0 spiro atoms. The van der Waals surface area contributed by atoms with Gasteiger partial charge in [0, 0.05) is 12.3 Å². The molecule has 1 saturated carbocycles. The van der Waals surface area contributed by atoms with Crippen molar-refractivity contribution in [2.75, 3.05) is 0 Å². The number of aliphatic hydroxyl groups is 1. The lowest BCUT2D eigenvalue weighted by atomic mass is 10.1. The first-order valence-electron chi connectivity index (χ1n) is 8.06. The monoisotopic (exact) mass is 329 g/mol. The van der Waals surface area contributed by atoms with E-state index in [-0.39, 0.29) is 17.7 Å². The molecule has 0 aromatic heterocycles. The first-order chi connectivity index (χ1) is 11.5. The molecule has 4 rings (SSSR count). The van der Waals surface area contributed by atoms with Crippen LogP contribution in [0.15, 0.2) is 42.5 Å². The van der Waals surface area contributed by atoms with E-state index in [1.54, 1.807) is 0 Å². The van der Waals surface area contributed by atoms with E-state index in [9.17, 15) is 18.7 Å². The zero-order chi connectivity index (χ0) is 16.8. The Morgan fingerprint density at radius 2 is 1.92 bits per heavy atom. The molecule has 24 heavy (non-hydrogen) atoms. The Balaban J connectivity index is 1.46. The summed E-state index contributed by atoms with van der Waals surface area (Å²) >= 11 is 0. The van der Waals surface area contributed by atoms with Crippen LogP contribution < -0.4 is 5.32 Å². The average molecular weight is 329 g/mol. The molecule has 0 aliphatic heterocycles. The van der Waals surface area contributed by atoms with Gasteiger partial charge in [0.15, 0.2) is 11.6 Å². The molecule has 4 unspecified atom stereocenters. The molecule has 2 aliphatic carbocycles. The van der Waals surface area contributed by atoms with E-state index in [0.29, 0.717) is 18.4 Å². The molecule has 2 aliphatic rings. The quantitative estimate of drug-likeness (QED) is 0.910. The lowest BCUT2D eigenvalue weighted by Crippen LogP contribution is -2.35. The number of nitrogens with one attached hydrogen (secondary N) is 1. The van der Waals surface area contributed by atoms with Crippen LogP contribution in [0, 0.1) is 17.6 Å². The largest absolute Gasteiger partial charge is 0.390 e. The Hall–Kier alpha value is -2.27. The van der Waals surface area contributed by atoms with Crippen LogP contribution in [0.1, 0.15) is 35.1 Å². The second kappa shape index (κ2) is 5.67. The van der Waals surface area contributed by atoms with Crippen LogP contribution >= 0.6 is 0 Å². The van der Waals surface area contributed by atoms with Gasteiger partial charge in [-0.25, -0.2) is 8.78 Å². The zero-order valence-corrected chi connectivity index (χ0v) is 12.9. The molecule has 0 bridgehead atoms. The van der Waals surface area contributed by atoms with Gasteiger partial charge >= 0.3 is 0 Å². The maximum atomic E-state index is 13.3. The number of rotatable bonds is 3. The van der Waals surface area contributed by atoms with Gasteiger partial charge in [0.25, 0.3) is 0 Å². The number of aliphatic hydroxyl groups excluding tert-OH is 1. The fourth-order valence-corrected chi connectivity index (χ4v) is 3.60. The molecule has 1 fully saturated rings. The zero-order valence-electron chi connectivity index (χ0n) is 12.9. The van der Waals surface area contributed by atoms with Gasteiger partial charge in [-0.1, -0.05) is 30.3 Å². The molecule has 3 nitrogen and oxygen atoms in total. The van der Waals surface area contributed by atoms with Crippen LogP contribution in [-0.2, 0) is 11.2 Å². The summed E-state index contributed by atoms with van der Waals surface area (Å²) in [6.45, 7) is 0. The molecular formula is C19H17F2NO2. The predicted octanol–water partition coefficient (Wildman–Crippen LogP) is 2.84. The number of hydrogen-bond donors (Lipinski definition) is 2. The maximum Gasteiger partial charge on any atom is 0.224 e. The summed E-state index contributed by atoms with van der Waals surface area (Å²) in [5.74, 6) is -2.26. The van der Waals surface area contributed by atoms with E-state index in [1.807, 2.05) is 24.3 Å². The Morgan fingerprint density at radius 1 is 1.12 bits per heavy atom. The molecule has 124 valence electrons. The van der Waals surface area contributed by atoms with Crippen molar-refractivity contribution in [1.29, 1.82) is 0 Å². The van der Waals surface area contributed by atoms with Gasteiger partial charge in [0.05, 0.1) is 12.1 Å². The second-order valence-corrected chi connectivity index (χ2v) is 6.58. The minimum atomic E-state index is -0.890. The first-order valence-corrected chi connectivity index (χ1v) is 8.06. The van der Waals surface area contributed by atoms with Gasteiger partial charge < -0.3 is 10.4 Å². The molecule has 0 saturated heterocycles. The smallest absolute Gasteiger partial charge is 0.224 e. The van der Waals surface area contributed by atoms with Crippen molar-refractivity contribution >= 4 is 5.91 Å². The third kappa shape index (κ3) is 2.59. The minimum Gasteiger partial charge on any atom is -0.390 e. The number of carbonyl (C=O) groups is 1. The highest BCUT2D eigenvalue weighted by molar-refractivity contribution is 5.83. The van der Waals surface area contributed by atoms with Crippen molar-refractivity contribution in [3.05, 3.63) is 70.8 Å². The van der Waals surface area contributed by atoms with Gasteiger partial charge in [-0.2, -0.15) is 0 Å². The first kappa shape index (κ1) is 15.3. The second-order valence-electron chi connectivity index (χ2n) is 6.58. The number of benzene rings is 2. The normalized spacial score (nSPS) is 27.6.